The molecule has 1 saturated heterocycles. The molecular formula is C29H27N5O6S. The molecule has 0 atom stereocenters. The van der Waals surface area contributed by atoms with Gasteiger partial charge in [0.1, 0.15) is 17.0 Å². The molecule has 0 aliphatic carbocycles. The molecular weight excluding hydrogens is 546 g/mol. The monoisotopic (exact) mass is 573 g/mol. The van der Waals surface area contributed by atoms with Crippen LogP contribution < -0.4 is 25.6 Å². The van der Waals surface area contributed by atoms with Gasteiger partial charge in [0.05, 0.1) is 17.7 Å². The van der Waals surface area contributed by atoms with E-state index >= 15 is 0 Å². The van der Waals surface area contributed by atoms with Gasteiger partial charge in [-0.1, -0.05) is 18.2 Å². The summed E-state index contributed by atoms with van der Waals surface area (Å²) in [6.45, 7) is 1.48. The van der Waals surface area contributed by atoms with E-state index in [4.69, 9.17) is 21.4 Å². The summed E-state index contributed by atoms with van der Waals surface area (Å²) in [5.41, 5.74) is 1.99. The highest BCUT2D eigenvalue weighted by Crippen LogP contribution is 2.32. The van der Waals surface area contributed by atoms with Crippen LogP contribution in [-0.2, 0) is 0 Å². The number of rotatable bonds is 7. The first-order valence-electron chi connectivity index (χ1n) is 13.0. The van der Waals surface area contributed by atoms with Crippen molar-refractivity contribution in [2.45, 2.75) is 19.3 Å². The minimum atomic E-state index is -0.586. The van der Waals surface area contributed by atoms with Crippen LogP contribution in [0.3, 0.4) is 0 Å². The molecule has 1 aromatic heterocycles. The zero-order valence-corrected chi connectivity index (χ0v) is 23.0. The van der Waals surface area contributed by atoms with Crippen LogP contribution >= 0.6 is 12.2 Å². The average Bonchev–Trinajstić information content (AvgIpc) is 3.42. The third kappa shape index (κ3) is 6.28. The molecule has 0 spiro atoms. The fraction of sp³-hybridized carbons (Fsp3) is 0.207. The number of carbonyl (C=O) groups is 2. The van der Waals surface area contributed by atoms with E-state index in [-0.39, 0.29) is 22.1 Å². The Balaban J connectivity index is 1.24. The van der Waals surface area contributed by atoms with Gasteiger partial charge in [-0.25, -0.2) is 0 Å². The summed E-state index contributed by atoms with van der Waals surface area (Å²) >= 11 is 5.29. The summed E-state index contributed by atoms with van der Waals surface area (Å²) in [5.74, 6) is -0.526. The number of ether oxygens (including phenoxy) is 1. The number of para-hydroxylation sites is 1. The van der Waals surface area contributed by atoms with Crippen molar-refractivity contribution in [1.29, 1.82) is 0 Å². The number of amides is 2. The van der Waals surface area contributed by atoms with Gasteiger partial charge in [0.2, 0.25) is 0 Å². The van der Waals surface area contributed by atoms with Crippen LogP contribution in [0, 0.1) is 10.1 Å². The maximum atomic E-state index is 12.8. The van der Waals surface area contributed by atoms with Crippen LogP contribution in [0.2, 0.25) is 0 Å². The normalized spacial score (nSPS) is 13.0. The van der Waals surface area contributed by atoms with Crippen molar-refractivity contribution < 1.29 is 23.7 Å². The number of piperidine rings is 1. The predicted octanol–water partition coefficient (Wildman–Crippen LogP) is 5.72. The van der Waals surface area contributed by atoms with Gasteiger partial charge in [-0.3, -0.25) is 25.0 Å². The number of carbonyl (C=O) groups excluding carboxylic acids is 2. The lowest BCUT2D eigenvalue weighted by Gasteiger charge is -2.28. The molecule has 3 aromatic carbocycles. The first-order chi connectivity index (χ1) is 19.8. The first kappa shape index (κ1) is 27.6. The van der Waals surface area contributed by atoms with Crippen molar-refractivity contribution >= 4 is 62.9 Å². The van der Waals surface area contributed by atoms with Gasteiger partial charge in [0.15, 0.2) is 10.9 Å². The number of hydrogen-bond donors (Lipinski definition) is 3. The van der Waals surface area contributed by atoms with E-state index in [2.05, 4.69) is 16.0 Å². The molecule has 1 aliphatic heterocycles. The van der Waals surface area contributed by atoms with E-state index in [1.165, 1.54) is 13.2 Å². The van der Waals surface area contributed by atoms with Crippen LogP contribution in [0.4, 0.5) is 22.7 Å². The van der Waals surface area contributed by atoms with E-state index in [1.807, 2.05) is 23.1 Å². The molecule has 0 bridgehead atoms. The summed E-state index contributed by atoms with van der Waals surface area (Å²) in [5, 5.41) is 20.8. The molecule has 41 heavy (non-hydrogen) atoms. The van der Waals surface area contributed by atoms with Crippen molar-refractivity contribution in [3.8, 4) is 5.75 Å². The fourth-order valence-electron chi connectivity index (χ4n) is 4.70. The van der Waals surface area contributed by atoms with Crippen LogP contribution in [-0.4, -0.2) is 42.0 Å². The Kier molecular flexibility index (Phi) is 8.11. The molecule has 5 rings (SSSR count). The van der Waals surface area contributed by atoms with Gasteiger partial charge in [-0.05, 0) is 67.9 Å². The van der Waals surface area contributed by atoms with E-state index in [9.17, 15) is 19.7 Å². The molecule has 12 heteroatoms. The van der Waals surface area contributed by atoms with Crippen LogP contribution in [0.15, 0.2) is 71.1 Å². The molecule has 2 heterocycles. The number of fused-ring (bicyclic) bond motifs is 1. The van der Waals surface area contributed by atoms with Crippen LogP contribution in [0.1, 0.15) is 40.2 Å². The molecule has 3 N–H and O–H groups in total. The number of benzene rings is 3. The Hall–Kier alpha value is -4.97. The van der Waals surface area contributed by atoms with E-state index in [0.717, 1.165) is 37.7 Å². The molecule has 2 amide bonds. The van der Waals surface area contributed by atoms with Crippen LogP contribution in [0.25, 0.3) is 11.0 Å². The minimum absolute atomic E-state index is 0.0149. The summed E-state index contributed by atoms with van der Waals surface area (Å²) < 4.78 is 11.0. The SMILES string of the molecule is COc1cc(NC(=S)NC(=O)c2ccc(N3CCCCC3)c([N+](=O)[O-])c2)ccc1NC(=O)c1cc2ccccc2o1. The number of methoxy groups -OCH3 is 1. The molecule has 0 saturated carbocycles. The fourth-order valence-corrected chi connectivity index (χ4v) is 4.91. The van der Waals surface area contributed by atoms with E-state index in [1.54, 1.807) is 42.5 Å². The van der Waals surface area contributed by atoms with Gasteiger partial charge in [0.25, 0.3) is 17.5 Å². The second-order valence-corrected chi connectivity index (χ2v) is 9.84. The van der Waals surface area contributed by atoms with Gasteiger partial charge >= 0.3 is 0 Å². The zero-order valence-electron chi connectivity index (χ0n) is 22.1. The van der Waals surface area contributed by atoms with Gasteiger partial charge in [-0.15, -0.1) is 0 Å². The lowest BCUT2D eigenvalue weighted by molar-refractivity contribution is -0.384. The average molecular weight is 574 g/mol. The lowest BCUT2D eigenvalue weighted by Crippen LogP contribution is -2.34. The van der Waals surface area contributed by atoms with E-state index < -0.39 is 16.7 Å². The number of nitro benzene ring substituents is 1. The topological polar surface area (TPSA) is 139 Å². The second-order valence-electron chi connectivity index (χ2n) is 9.43. The van der Waals surface area contributed by atoms with Gasteiger partial charge < -0.3 is 24.7 Å². The quantitative estimate of drug-likeness (QED) is 0.144. The third-order valence-electron chi connectivity index (χ3n) is 6.72. The van der Waals surface area contributed by atoms with Crippen molar-refractivity contribution in [1.82, 2.24) is 5.32 Å². The number of anilines is 3. The lowest BCUT2D eigenvalue weighted by atomic mass is 10.1. The van der Waals surface area contributed by atoms with Crippen molar-refractivity contribution in [3.05, 3.63) is 88.2 Å². The second kappa shape index (κ2) is 12.0. The Bertz CT molecular complexity index is 1610. The standard InChI is InChI=1S/C29H27N5O6S/c1-39-25-17-20(10-11-21(25)31-28(36)26-16-18-7-3-4-8-24(18)40-26)30-29(41)32-27(35)19-9-12-22(23(15-19)34(37)38)33-13-5-2-6-14-33/h3-4,7-12,15-17H,2,5-6,13-14H2,1H3,(H,31,36)(H2,30,32,35,41). The molecule has 1 fully saturated rings. The smallest absolute Gasteiger partial charge is 0.293 e. The molecule has 1 aliphatic rings. The number of nitrogens with one attached hydrogen (secondary N) is 3. The number of nitrogens with zero attached hydrogens (tertiary/aromatic N) is 2. The Labute approximate surface area is 240 Å². The van der Waals surface area contributed by atoms with Crippen LogP contribution in [0.5, 0.6) is 5.75 Å². The number of thiocarbonyl (C=S) groups is 1. The van der Waals surface area contributed by atoms with E-state index in [0.29, 0.717) is 28.4 Å². The third-order valence-corrected chi connectivity index (χ3v) is 6.92. The molecule has 4 aromatic rings. The highest BCUT2D eigenvalue weighted by molar-refractivity contribution is 7.80. The summed E-state index contributed by atoms with van der Waals surface area (Å²) in [6.07, 6.45) is 3.04. The highest BCUT2D eigenvalue weighted by Gasteiger charge is 2.23. The summed E-state index contributed by atoms with van der Waals surface area (Å²) in [7, 11) is 1.45. The molecule has 0 radical (unpaired) electrons. The Morgan fingerprint density at radius 2 is 1.76 bits per heavy atom. The predicted molar refractivity (Wildman–Crippen MR) is 160 cm³/mol. The Morgan fingerprint density at radius 3 is 2.49 bits per heavy atom. The minimum Gasteiger partial charge on any atom is -0.494 e. The summed E-state index contributed by atoms with van der Waals surface area (Å²) in [6, 6.07) is 18.3. The summed E-state index contributed by atoms with van der Waals surface area (Å²) in [4.78, 5) is 38.9. The number of nitro groups is 1. The van der Waals surface area contributed by atoms with Crippen molar-refractivity contribution in [3.63, 3.8) is 0 Å². The number of furan rings is 1. The Morgan fingerprint density at radius 1 is 0.976 bits per heavy atom. The largest absolute Gasteiger partial charge is 0.494 e. The highest BCUT2D eigenvalue weighted by atomic mass is 32.1. The molecule has 11 nitrogen and oxygen atoms in total. The van der Waals surface area contributed by atoms with Crippen molar-refractivity contribution in [2.24, 2.45) is 0 Å². The van der Waals surface area contributed by atoms with Crippen molar-refractivity contribution in [2.75, 3.05) is 35.7 Å². The number of hydrogen-bond acceptors (Lipinski definition) is 8. The maximum absolute atomic E-state index is 12.8. The molecule has 210 valence electrons. The first-order valence-corrected chi connectivity index (χ1v) is 13.4. The van der Waals surface area contributed by atoms with Gasteiger partial charge in [0, 0.05) is 41.9 Å². The van der Waals surface area contributed by atoms with Gasteiger partial charge in [-0.2, -0.15) is 0 Å². The maximum Gasteiger partial charge on any atom is 0.293 e. The molecule has 0 unspecified atom stereocenters. The zero-order chi connectivity index (χ0) is 28.9.